The second-order valence-corrected chi connectivity index (χ2v) is 7.00. The van der Waals surface area contributed by atoms with E-state index in [1.54, 1.807) is 24.3 Å². The lowest BCUT2D eigenvalue weighted by Crippen LogP contribution is -2.26. The smallest absolute Gasteiger partial charge is 0.329 e. The summed E-state index contributed by atoms with van der Waals surface area (Å²) in [4.78, 5) is 3.33. The van der Waals surface area contributed by atoms with Gasteiger partial charge in [0.15, 0.2) is 0 Å². The number of rotatable bonds is 5. The van der Waals surface area contributed by atoms with E-state index in [9.17, 15) is 17.4 Å². The molecule has 1 N–H and O–H groups in total. The second kappa shape index (κ2) is 6.79. The van der Waals surface area contributed by atoms with Gasteiger partial charge in [-0.3, -0.25) is 0 Å². The van der Waals surface area contributed by atoms with E-state index >= 15 is 0 Å². The molecule has 2 atom stereocenters. The van der Waals surface area contributed by atoms with Crippen molar-refractivity contribution in [1.82, 2.24) is 14.9 Å². The van der Waals surface area contributed by atoms with Crippen molar-refractivity contribution >= 4 is 11.0 Å². The van der Waals surface area contributed by atoms with Crippen LogP contribution in [-0.2, 0) is 17.2 Å². The molecule has 1 aromatic heterocycles. The summed E-state index contributed by atoms with van der Waals surface area (Å²) >= 11 is 0. The Morgan fingerprint density at radius 1 is 1.17 bits per heavy atom. The fraction of sp³-hybridized carbons (Fsp3) is 0.429. The third-order valence-electron chi connectivity index (χ3n) is 3.06. The van der Waals surface area contributed by atoms with Gasteiger partial charge < -0.3 is 4.52 Å². The van der Waals surface area contributed by atoms with Crippen molar-refractivity contribution in [2.24, 2.45) is 0 Å². The van der Waals surface area contributed by atoms with Gasteiger partial charge in [0.25, 0.3) is 0 Å². The van der Waals surface area contributed by atoms with Crippen molar-refractivity contribution in [3.05, 3.63) is 35.7 Å². The number of nitrogens with one attached hydrogen (secondary N) is 1. The van der Waals surface area contributed by atoms with Gasteiger partial charge in [0.05, 0.1) is 11.0 Å². The highest BCUT2D eigenvalue weighted by atomic mass is 32.2. The predicted octanol–water partition coefficient (Wildman–Crippen LogP) is 3.48. The zero-order valence-corrected chi connectivity index (χ0v) is 13.5. The Kier molecular flexibility index (Phi) is 5.20. The lowest BCUT2D eigenvalue weighted by Gasteiger charge is -2.15. The summed E-state index contributed by atoms with van der Waals surface area (Å²) < 4.78 is 56.2. The number of hydrogen-bond donors (Lipinski definition) is 1. The molecule has 0 saturated heterocycles. The number of alkyl halides is 3. The maximum Gasteiger partial charge on any atom is 0.471 e. The van der Waals surface area contributed by atoms with Crippen molar-refractivity contribution in [2.45, 2.75) is 38.2 Å². The van der Waals surface area contributed by atoms with Crippen molar-refractivity contribution in [1.29, 1.82) is 0 Å². The largest absolute Gasteiger partial charge is 0.471 e. The number of halogens is 3. The standard InChI is InChI=1S/C14H16F3N3O2S/c1-8(2)23(21)20-9(3)10-4-6-11(7-5-10)12-18-13(22-19-12)14(15,16)17/h4-9,20H,1-3H3. The molecule has 0 aliphatic carbocycles. The molecule has 0 amide bonds. The van der Waals surface area contributed by atoms with E-state index in [4.69, 9.17) is 0 Å². The number of nitrogens with zero attached hydrogens (tertiary/aromatic N) is 2. The Morgan fingerprint density at radius 2 is 1.78 bits per heavy atom. The van der Waals surface area contributed by atoms with Gasteiger partial charge in [-0.15, -0.1) is 0 Å². The van der Waals surface area contributed by atoms with E-state index in [2.05, 4.69) is 19.4 Å². The topological polar surface area (TPSA) is 68.0 Å². The van der Waals surface area contributed by atoms with Crippen LogP contribution in [0.2, 0.25) is 0 Å². The quantitative estimate of drug-likeness (QED) is 0.899. The molecule has 5 nitrogen and oxygen atoms in total. The van der Waals surface area contributed by atoms with Gasteiger partial charge in [-0.25, -0.2) is 8.93 Å². The molecule has 0 aliphatic heterocycles. The Balaban J connectivity index is 2.13. The van der Waals surface area contributed by atoms with Crippen LogP contribution in [0, 0.1) is 0 Å². The van der Waals surface area contributed by atoms with E-state index < -0.39 is 23.1 Å². The summed E-state index contributed by atoms with van der Waals surface area (Å²) in [5.41, 5.74) is 1.26. The highest BCUT2D eigenvalue weighted by Crippen LogP contribution is 2.29. The molecule has 0 fully saturated rings. The SMILES string of the molecule is CC(NS(=O)C(C)C)c1ccc(-c2noc(C(F)(F)F)n2)cc1. The van der Waals surface area contributed by atoms with Crippen LogP contribution < -0.4 is 4.72 Å². The van der Waals surface area contributed by atoms with E-state index in [1.165, 1.54) is 0 Å². The van der Waals surface area contributed by atoms with Crippen molar-refractivity contribution < 1.29 is 21.9 Å². The third kappa shape index (κ3) is 4.38. The van der Waals surface area contributed by atoms with Crippen LogP contribution in [0.1, 0.15) is 38.3 Å². The average molecular weight is 347 g/mol. The molecule has 0 saturated carbocycles. The highest BCUT2D eigenvalue weighted by Gasteiger charge is 2.38. The summed E-state index contributed by atoms with van der Waals surface area (Å²) in [6.45, 7) is 5.53. The second-order valence-electron chi connectivity index (χ2n) is 5.23. The first-order valence-electron chi connectivity index (χ1n) is 6.86. The van der Waals surface area contributed by atoms with Gasteiger partial charge in [-0.2, -0.15) is 18.2 Å². The van der Waals surface area contributed by atoms with Gasteiger partial charge >= 0.3 is 12.1 Å². The van der Waals surface area contributed by atoms with E-state index in [0.29, 0.717) is 5.56 Å². The molecule has 23 heavy (non-hydrogen) atoms. The molecule has 2 rings (SSSR count). The number of benzene rings is 1. The normalized spacial score (nSPS) is 14.9. The maximum absolute atomic E-state index is 12.4. The van der Waals surface area contributed by atoms with Crippen LogP contribution in [0.3, 0.4) is 0 Å². The molecule has 0 aliphatic rings. The molecule has 0 bridgehead atoms. The van der Waals surface area contributed by atoms with Gasteiger partial charge in [0.2, 0.25) is 5.82 Å². The third-order valence-corrected chi connectivity index (χ3v) is 4.50. The summed E-state index contributed by atoms with van der Waals surface area (Å²) in [5, 5.41) is 3.31. The molecule has 9 heteroatoms. The molecular weight excluding hydrogens is 331 g/mol. The van der Waals surface area contributed by atoms with Crippen molar-refractivity contribution in [3.63, 3.8) is 0 Å². The molecule has 2 unspecified atom stereocenters. The molecule has 0 spiro atoms. The molecule has 1 heterocycles. The fourth-order valence-electron chi connectivity index (χ4n) is 1.76. The summed E-state index contributed by atoms with van der Waals surface area (Å²) in [6.07, 6.45) is -4.66. The van der Waals surface area contributed by atoms with Crippen LogP contribution in [0.25, 0.3) is 11.4 Å². The minimum atomic E-state index is -4.66. The lowest BCUT2D eigenvalue weighted by atomic mass is 10.1. The summed E-state index contributed by atoms with van der Waals surface area (Å²) in [7, 11) is -1.17. The average Bonchev–Trinajstić information content (AvgIpc) is 2.97. The van der Waals surface area contributed by atoms with Gasteiger partial charge in [-0.1, -0.05) is 29.4 Å². The molecular formula is C14H16F3N3O2S. The molecule has 1 aromatic carbocycles. The monoisotopic (exact) mass is 347 g/mol. The van der Waals surface area contributed by atoms with Crippen LogP contribution in [-0.4, -0.2) is 19.6 Å². The Hall–Kier alpha value is -1.74. The van der Waals surface area contributed by atoms with Crippen molar-refractivity contribution in [3.8, 4) is 11.4 Å². The first-order chi connectivity index (χ1) is 10.7. The van der Waals surface area contributed by atoms with Crippen LogP contribution >= 0.6 is 0 Å². The van der Waals surface area contributed by atoms with Crippen LogP contribution in [0.5, 0.6) is 0 Å². The molecule has 2 aromatic rings. The molecule has 0 radical (unpaired) electrons. The Labute approximate surface area is 133 Å². The van der Waals surface area contributed by atoms with Gasteiger partial charge in [0, 0.05) is 16.9 Å². The van der Waals surface area contributed by atoms with Crippen LogP contribution in [0.15, 0.2) is 28.8 Å². The Bertz CT molecular complexity index is 683. The Morgan fingerprint density at radius 3 is 2.26 bits per heavy atom. The zero-order chi connectivity index (χ0) is 17.2. The van der Waals surface area contributed by atoms with E-state index in [0.717, 1.165) is 5.56 Å². The first kappa shape index (κ1) is 17.6. The maximum atomic E-state index is 12.4. The van der Waals surface area contributed by atoms with E-state index in [1.807, 2.05) is 20.8 Å². The predicted molar refractivity (Wildman–Crippen MR) is 79.6 cm³/mol. The van der Waals surface area contributed by atoms with Gasteiger partial charge in [-0.05, 0) is 26.3 Å². The summed E-state index contributed by atoms with van der Waals surface area (Å²) in [6, 6.07) is 6.46. The minimum Gasteiger partial charge on any atom is -0.329 e. The molecule has 126 valence electrons. The summed E-state index contributed by atoms with van der Waals surface area (Å²) in [5.74, 6) is -1.51. The van der Waals surface area contributed by atoms with E-state index in [-0.39, 0.29) is 17.1 Å². The zero-order valence-electron chi connectivity index (χ0n) is 12.7. The minimum absolute atomic E-state index is 0.0168. The first-order valence-corrected chi connectivity index (χ1v) is 8.07. The number of hydrogen-bond acceptors (Lipinski definition) is 4. The van der Waals surface area contributed by atoms with Crippen molar-refractivity contribution in [2.75, 3.05) is 0 Å². The number of aromatic nitrogens is 2. The lowest BCUT2D eigenvalue weighted by molar-refractivity contribution is -0.159. The highest BCUT2D eigenvalue weighted by molar-refractivity contribution is 7.83. The van der Waals surface area contributed by atoms with Gasteiger partial charge in [0.1, 0.15) is 0 Å². The fourth-order valence-corrected chi connectivity index (χ4v) is 2.51. The van der Waals surface area contributed by atoms with Crippen LogP contribution in [0.4, 0.5) is 13.2 Å².